The van der Waals surface area contributed by atoms with Crippen molar-refractivity contribution in [3.8, 4) is 0 Å². The van der Waals surface area contributed by atoms with Gasteiger partial charge in [-0.3, -0.25) is 4.79 Å². The summed E-state index contributed by atoms with van der Waals surface area (Å²) in [5, 5.41) is 9.84. The van der Waals surface area contributed by atoms with E-state index in [2.05, 4.69) is 0 Å². The van der Waals surface area contributed by atoms with Crippen molar-refractivity contribution in [2.75, 3.05) is 13.1 Å². The monoisotopic (exact) mass is 305 g/mol. The summed E-state index contributed by atoms with van der Waals surface area (Å²) in [6, 6.07) is 5.65. The summed E-state index contributed by atoms with van der Waals surface area (Å²) >= 11 is -0.296. The molecule has 0 spiro atoms. The van der Waals surface area contributed by atoms with Gasteiger partial charge in [0, 0.05) is 18.0 Å². The third-order valence-corrected chi connectivity index (χ3v) is 3.89. The first-order valence-corrected chi connectivity index (χ1v) is 6.86. The molecular formula is C13H14F3NO2S. The third kappa shape index (κ3) is 3.67. The van der Waals surface area contributed by atoms with E-state index in [1.807, 2.05) is 0 Å². The van der Waals surface area contributed by atoms with Gasteiger partial charge in [-0.2, -0.15) is 13.2 Å². The van der Waals surface area contributed by atoms with Crippen LogP contribution < -0.4 is 0 Å². The molecule has 0 aromatic heterocycles. The minimum absolute atomic E-state index is 0.0209. The van der Waals surface area contributed by atoms with Crippen molar-refractivity contribution in [1.29, 1.82) is 0 Å². The third-order valence-electron chi connectivity index (χ3n) is 3.08. The number of hydrogen-bond donors (Lipinski definition) is 1. The average molecular weight is 305 g/mol. The number of nitrogens with zero attached hydrogens (tertiary/aromatic N) is 1. The molecule has 0 aliphatic carbocycles. The van der Waals surface area contributed by atoms with Crippen molar-refractivity contribution in [1.82, 2.24) is 4.90 Å². The van der Waals surface area contributed by atoms with Crippen LogP contribution in [0, 0.1) is 0 Å². The Balaban J connectivity index is 2.22. The van der Waals surface area contributed by atoms with Crippen LogP contribution in [0.25, 0.3) is 0 Å². The topological polar surface area (TPSA) is 40.5 Å². The number of amides is 1. The second kappa shape index (κ2) is 5.29. The first-order chi connectivity index (χ1) is 9.18. The number of alkyl halides is 3. The van der Waals surface area contributed by atoms with Gasteiger partial charge in [-0.1, -0.05) is 12.1 Å². The van der Waals surface area contributed by atoms with Crippen LogP contribution in [-0.4, -0.2) is 40.1 Å². The molecule has 1 atom stereocenters. The molecule has 1 aromatic rings. The van der Waals surface area contributed by atoms with Crippen LogP contribution in [0.5, 0.6) is 0 Å². The Morgan fingerprint density at radius 2 is 2.05 bits per heavy atom. The van der Waals surface area contributed by atoms with Gasteiger partial charge in [0.05, 0.1) is 11.2 Å². The quantitative estimate of drug-likeness (QED) is 0.854. The van der Waals surface area contributed by atoms with Crippen LogP contribution in [-0.2, 0) is 0 Å². The predicted molar refractivity (Wildman–Crippen MR) is 69.5 cm³/mol. The lowest BCUT2D eigenvalue weighted by molar-refractivity contribution is -0.0328. The highest BCUT2D eigenvalue weighted by molar-refractivity contribution is 8.00. The molecule has 1 amide bonds. The van der Waals surface area contributed by atoms with E-state index in [0.29, 0.717) is 13.0 Å². The van der Waals surface area contributed by atoms with Gasteiger partial charge in [-0.05, 0) is 37.2 Å². The molecule has 1 saturated heterocycles. The summed E-state index contributed by atoms with van der Waals surface area (Å²) < 4.78 is 37.4. The Kier molecular flexibility index (Phi) is 4.02. The molecule has 1 aliphatic heterocycles. The number of β-amino-alcohol motifs (C(OH)–C–C–N with tert-alkyl or cyclic N) is 1. The SMILES string of the molecule is CC1(O)CCN(C(=O)c2ccccc2SC(F)(F)F)C1. The van der Waals surface area contributed by atoms with Crippen molar-refractivity contribution in [2.24, 2.45) is 0 Å². The maximum atomic E-state index is 12.5. The van der Waals surface area contributed by atoms with E-state index in [4.69, 9.17) is 0 Å². The van der Waals surface area contributed by atoms with Crippen LogP contribution in [0.2, 0.25) is 0 Å². The van der Waals surface area contributed by atoms with Gasteiger partial charge in [0.1, 0.15) is 0 Å². The Bertz CT molecular complexity index is 517. The van der Waals surface area contributed by atoms with Gasteiger partial charge in [0.2, 0.25) is 0 Å². The Hall–Kier alpha value is -1.21. The molecule has 0 bridgehead atoms. The second-order valence-electron chi connectivity index (χ2n) is 5.02. The van der Waals surface area contributed by atoms with E-state index in [0.717, 1.165) is 0 Å². The van der Waals surface area contributed by atoms with Gasteiger partial charge in [-0.15, -0.1) is 0 Å². The van der Waals surface area contributed by atoms with Crippen molar-refractivity contribution >= 4 is 17.7 Å². The minimum Gasteiger partial charge on any atom is -0.388 e. The predicted octanol–water partition coefficient (Wildman–Crippen LogP) is 2.90. The molecule has 1 aromatic carbocycles. The fourth-order valence-electron chi connectivity index (χ4n) is 2.15. The molecule has 1 N–H and O–H groups in total. The Labute approximate surface area is 118 Å². The number of carbonyl (C=O) groups excluding carboxylic acids is 1. The largest absolute Gasteiger partial charge is 0.446 e. The molecule has 1 aliphatic rings. The zero-order valence-corrected chi connectivity index (χ0v) is 11.6. The van der Waals surface area contributed by atoms with E-state index >= 15 is 0 Å². The normalized spacial score (nSPS) is 23.1. The molecule has 20 heavy (non-hydrogen) atoms. The minimum atomic E-state index is -4.44. The van der Waals surface area contributed by atoms with Crippen LogP contribution in [0.1, 0.15) is 23.7 Å². The number of hydrogen-bond acceptors (Lipinski definition) is 3. The van der Waals surface area contributed by atoms with Crippen LogP contribution in [0.15, 0.2) is 29.2 Å². The molecule has 3 nitrogen and oxygen atoms in total. The van der Waals surface area contributed by atoms with Crippen molar-refractivity contribution in [3.05, 3.63) is 29.8 Å². The van der Waals surface area contributed by atoms with E-state index in [1.54, 1.807) is 6.92 Å². The van der Waals surface area contributed by atoms with Crippen LogP contribution in [0.3, 0.4) is 0 Å². The first kappa shape index (κ1) is 15.2. The number of thioether (sulfide) groups is 1. The molecule has 2 rings (SSSR count). The van der Waals surface area contributed by atoms with Crippen molar-refractivity contribution in [3.63, 3.8) is 0 Å². The summed E-state index contributed by atoms with van der Waals surface area (Å²) in [5.41, 5.74) is -5.39. The van der Waals surface area contributed by atoms with E-state index in [1.165, 1.54) is 29.2 Å². The first-order valence-electron chi connectivity index (χ1n) is 6.04. The number of rotatable bonds is 2. The van der Waals surface area contributed by atoms with E-state index in [-0.39, 0.29) is 28.8 Å². The van der Waals surface area contributed by atoms with E-state index in [9.17, 15) is 23.1 Å². The smallest absolute Gasteiger partial charge is 0.388 e. The lowest BCUT2D eigenvalue weighted by Crippen LogP contribution is -2.34. The highest BCUT2D eigenvalue weighted by Gasteiger charge is 2.36. The number of halogens is 3. The van der Waals surface area contributed by atoms with Gasteiger partial charge in [-0.25, -0.2) is 0 Å². The summed E-state index contributed by atoms with van der Waals surface area (Å²) in [7, 11) is 0. The number of carbonyl (C=O) groups is 1. The lowest BCUT2D eigenvalue weighted by atomic mass is 10.1. The molecule has 7 heteroatoms. The number of benzene rings is 1. The molecule has 0 saturated carbocycles. The second-order valence-corrected chi connectivity index (χ2v) is 6.12. The van der Waals surface area contributed by atoms with Gasteiger partial charge >= 0.3 is 5.51 Å². The average Bonchev–Trinajstić information content (AvgIpc) is 2.67. The van der Waals surface area contributed by atoms with Crippen LogP contribution >= 0.6 is 11.8 Å². The molecule has 1 unspecified atom stereocenters. The summed E-state index contributed by atoms with van der Waals surface area (Å²) in [5.74, 6) is -0.477. The lowest BCUT2D eigenvalue weighted by Gasteiger charge is -2.20. The summed E-state index contributed by atoms with van der Waals surface area (Å²) in [4.78, 5) is 13.5. The molecule has 110 valence electrons. The van der Waals surface area contributed by atoms with Gasteiger partial charge in [0.15, 0.2) is 0 Å². The summed E-state index contributed by atoms with van der Waals surface area (Å²) in [6.07, 6.45) is 0.424. The Morgan fingerprint density at radius 1 is 1.40 bits per heavy atom. The molecule has 1 fully saturated rings. The zero-order chi connectivity index (χ0) is 15.0. The van der Waals surface area contributed by atoms with Crippen molar-refractivity contribution in [2.45, 2.75) is 29.3 Å². The van der Waals surface area contributed by atoms with Gasteiger partial charge in [0.25, 0.3) is 5.91 Å². The standard InChI is InChI=1S/C13H14F3NO2S/c1-12(19)6-7-17(8-12)11(18)9-4-2-3-5-10(9)20-13(14,15)16/h2-5,19H,6-8H2,1H3. The molecule has 1 heterocycles. The fraction of sp³-hybridized carbons (Fsp3) is 0.462. The summed E-state index contributed by atoms with van der Waals surface area (Å²) in [6.45, 7) is 2.09. The number of aliphatic hydroxyl groups is 1. The molecule has 0 radical (unpaired) electrons. The highest BCUT2D eigenvalue weighted by atomic mass is 32.2. The maximum Gasteiger partial charge on any atom is 0.446 e. The van der Waals surface area contributed by atoms with Gasteiger partial charge < -0.3 is 10.0 Å². The zero-order valence-electron chi connectivity index (χ0n) is 10.8. The number of likely N-dealkylation sites (tertiary alicyclic amines) is 1. The Morgan fingerprint density at radius 3 is 2.60 bits per heavy atom. The van der Waals surface area contributed by atoms with Crippen molar-refractivity contribution < 1.29 is 23.1 Å². The maximum absolute atomic E-state index is 12.5. The fourth-order valence-corrected chi connectivity index (χ4v) is 2.81. The molecular weight excluding hydrogens is 291 g/mol. The van der Waals surface area contributed by atoms with Crippen LogP contribution in [0.4, 0.5) is 13.2 Å². The van der Waals surface area contributed by atoms with E-state index < -0.39 is 17.0 Å². The highest BCUT2D eigenvalue weighted by Crippen LogP contribution is 2.39.